The molecule has 3 rings (SSSR count). The first kappa shape index (κ1) is 21.0. The van der Waals surface area contributed by atoms with Crippen molar-refractivity contribution in [2.24, 2.45) is 0 Å². The summed E-state index contributed by atoms with van der Waals surface area (Å²) in [7, 11) is 0. The molecule has 0 spiro atoms. The van der Waals surface area contributed by atoms with Gasteiger partial charge in [0.05, 0.1) is 11.5 Å². The van der Waals surface area contributed by atoms with Crippen molar-refractivity contribution in [1.82, 2.24) is 4.90 Å². The van der Waals surface area contributed by atoms with Crippen LogP contribution >= 0.6 is 23.4 Å². The van der Waals surface area contributed by atoms with Gasteiger partial charge in [0.15, 0.2) is 0 Å². The van der Waals surface area contributed by atoms with Crippen LogP contribution in [0.15, 0.2) is 53.4 Å². The molecule has 2 aromatic rings. The van der Waals surface area contributed by atoms with Crippen molar-refractivity contribution in [3.63, 3.8) is 0 Å². The third-order valence-corrected chi connectivity index (χ3v) is 5.12. The van der Waals surface area contributed by atoms with Crippen LogP contribution in [0, 0.1) is 0 Å². The number of esters is 1. The van der Waals surface area contributed by atoms with Crippen LogP contribution in [-0.4, -0.2) is 35.2 Å². The highest BCUT2D eigenvalue weighted by Gasteiger charge is 2.36. The van der Waals surface area contributed by atoms with Crippen molar-refractivity contribution in [1.29, 1.82) is 0 Å². The molecular formula is C21H18ClNO5S. The van der Waals surface area contributed by atoms with E-state index in [4.69, 9.17) is 21.1 Å². The van der Waals surface area contributed by atoms with Crippen molar-refractivity contribution in [2.75, 3.05) is 13.2 Å². The minimum absolute atomic E-state index is 0.192. The van der Waals surface area contributed by atoms with Gasteiger partial charge in [0.25, 0.3) is 11.1 Å². The Hall–Kier alpha value is -2.77. The van der Waals surface area contributed by atoms with E-state index in [0.29, 0.717) is 17.4 Å². The summed E-state index contributed by atoms with van der Waals surface area (Å²) in [4.78, 5) is 37.1. The standard InChI is InChI=1S/C21H18ClNO5S/c1-2-27-19(24)12-23-20(25)18(29-21(23)26)11-14-5-9-17(10-6-14)28-13-15-3-7-16(22)8-4-15/h3-11H,2,12-13H2,1H3/b18-11-. The minimum Gasteiger partial charge on any atom is -0.489 e. The molecule has 8 heteroatoms. The number of amides is 2. The summed E-state index contributed by atoms with van der Waals surface area (Å²) in [6.07, 6.45) is 1.61. The molecule has 1 fully saturated rings. The van der Waals surface area contributed by atoms with Gasteiger partial charge in [-0.3, -0.25) is 19.3 Å². The molecule has 0 atom stereocenters. The quantitative estimate of drug-likeness (QED) is 0.474. The molecule has 0 N–H and O–H groups in total. The zero-order chi connectivity index (χ0) is 20.8. The van der Waals surface area contributed by atoms with E-state index < -0.39 is 17.1 Å². The lowest BCUT2D eigenvalue weighted by molar-refractivity contribution is -0.145. The molecule has 2 aromatic carbocycles. The van der Waals surface area contributed by atoms with E-state index in [-0.39, 0.29) is 18.1 Å². The van der Waals surface area contributed by atoms with Crippen LogP contribution in [0.1, 0.15) is 18.1 Å². The number of rotatable bonds is 7. The van der Waals surface area contributed by atoms with Gasteiger partial charge in [-0.25, -0.2) is 0 Å². The molecule has 29 heavy (non-hydrogen) atoms. The number of carbonyl (C=O) groups excluding carboxylic acids is 3. The van der Waals surface area contributed by atoms with E-state index in [1.807, 2.05) is 12.1 Å². The van der Waals surface area contributed by atoms with Crippen molar-refractivity contribution < 1.29 is 23.9 Å². The maximum Gasteiger partial charge on any atom is 0.326 e. The minimum atomic E-state index is -0.613. The molecule has 1 heterocycles. The third-order valence-electron chi connectivity index (χ3n) is 3.96. The molecule has 0 aliphatic carbocycles. The summed E-state index contributed by atoms with van der Waals surface area (Å²) in [6, 6.07) is 14.5. The Balaban J connectivity index is 1.61. The number of hydrogen-bond acceptors (Lipinski definition) is 6. The highest BCUT2D eigenvalue weighted by Crippen LogP contribution is 2.32. The first-order valence-electron chi connectivity index (χ1n) is 8.84. The highest BCUT2D eigenvalue weighted by atomic mass is 35.5. The Morgan fingerprint density at radius 2 is 1.79 bits per heavy atom. The lowest BCUT2D eigenvalue weighted by Gasteiger charge is -2.10. The fraction of sp³-hybridized carbons (Fsp3) is 0.190. The van der Waals surface area contributed by atoms with Crippen LogP contribution in [0.5, 0.6) is 5.75 Å². The zero-order valence-electron chi connectivity index (χ0n) is 15.6. The van der Waals surface area contributed by atoms with Gasteiger partial charge in [-0.15, -0.1) is 0 Å². The number of carbonyl (C=O) groups is 3. The second-order valence-corrected chi connectivity index (χ2v) is 7.49. The zero-order valence-corrected chi connectivity index (χ0v) is 17.2. The van der Waals surface area contributed by atoms with Crippen molar-refractivity contribution in [3.05, 3.63) is 69.6 Å². The molecule has 0 radical (unpaired) electrons. The van der Waals surface area contributed by atoms with Gasteiger partial charge in [0.1, 0.15) is 18.9 Å². The Bertz CT molecular complexity index is 941. The SMILES string of the molecule is CCOC(=O)CN1C(=O)S/C(=C\c2ccc(OCc3ccc(Cl)cc3)cc2)C1=O. The van der Waals surface area contributed by atoms with Crippen LogP contribution < -0.4 is 4.74 Å². The first-order chi connectivity index (χ1) is 14.0. The largest absolute Gasteiger partial charge is 0.489 e. The second kappa shape index (κ2) is 9.62. The van der Waals surface area contributed by atoms with E-state index in [2.05, 4.69) is 0 Å². The average molecular weight is 432 g/mol. The van der Waals surface area contributed by atoms with Crippen LogP contribution in [0.4, 0.5) is 4.79 Å². The molecule has 0 bridgehead atoms. The van der Waals surface area contributed by atoms with Gasteiger partial charge in [-0.05, 0) is 60.2 Å². The molecule has 0 unspecified atom stereocenters. The van der Waals surface area contributed by atoms with Gasteiger partial charge < -0.3 is 9.47 Å². The number of imide groups is 1. The van der Waals surface area contributed by atoms with E-state index in [1.54, 1.807) is 49.4 Å². The second-order valence-electron chi connectivity index (χ2n) is 6.06. The maximum atomic E-state index is 12.4. The topological polar surface area (TPSA) is 72.9 Å². The first-order valence-corrected chi connectivity index (χ1v) is 10.0. The molecule has 0 saturated carbocycles. The lowest BCUT2D eigenvalue weighted by atomic mass is 10.2. The monoisotopic (exact) mass is 431 g/mol. The van der Waals surface area contributed by atoms with Gasteiger partial charge in [0, 0.05) is 5.02 Å². The summed E-state index contributed by atoms with van der Waals surface area (Å²) in [5.74, 6) is -0.443. The Labute approximate surface area is 177 Å². The van der Waals surface area contributed by atoms with E-state index in [9.17, 15) is 14.4 Å². The Kier molecular flexibility index (Phi) is 6.95. The summed E-state index contributed by atoms with van der Waals surface area (Å²) in [5.41, 5.74) is 1.74. The predicted octanol–water partition coefficient (Wildman–Crippen LogP) is 4.52. The van der Waals surface area contributed by atoms with Gasteiger partial charge in [-0.1, -0.05) is 35.9 Å². The number of nitrogens with zero attached hydrogens (tertiary/aromatic N) is 1. The Morgan fingerprint density at radius 3 is 2.45 bits per heavy atom. The van der Waals surface area contributed by atoms with Gasteiger partial charge >= 0.3 is 5.97 Å². The maximum absolute atomic E-state index is 12.4. The molecule has 1 aliphatic heterocycles. The summed E-state index contributed by atoms with van der Waals surface area (Å²) >= 11 is 6.66. The normalized spacial score (nSPS) is 15.1. The van der Waals surface area contributed by atoms with Crippen LogP contribution in [0.3, 0.4) is 0 Å². The smallest absolute Gasteiger partial charge is 0.326 e. The van der Waals surface area contributed by atoms with Crippen LogP contribution in [0.2, 0.25) is 5.02 Å². The van der Waals surface area contributed by atoms with Crippen molar-refractivity contribution in [3.8, 4) is 5.75 Å². The molecule has 0 aromatic heterocycles. The van der Waals surface area contributed by atoms with Gasteiger partial charge in [-0.2, -0.15) is 0 Å². The highest BCUT2D eigenvalue weighted by molar-refractivity contribution is 8.18. The average Bonchev–Trinajstić information content (AvgIpc) is 2.96. The third kappa shape index (κ3) is 5.62. The molecule has 150 valence electrons. The molecule has 1 aliphatic rings. The number of benzene rings is 2. The molecule has 2 amide bonds. The fourth-order valence-electron chi connectivity index (χ4n) is 2.53. The van der Waals surface area contributed by atoms with E-state index in [0.717, 1.165) is 27.8 Å². The number of halogens is 1. The van der Waals surface area contributed by atoms with Crippen molar-refractivity contribution >= 4 is 46.6 Å². The molecule has 1 saturated heterocycles. The Morgan fingerprint density at radius 1 is 1.10 bits per heavy atom. The summed E-state index contributed by atoms with van der Waals surface area (Å²) < 4.78 is 10.5. The van der Waals surface area contributed by atoms with Gasteiger partial charge in [0.2, 0.25) is 0 Å². The van der Waals surface area contributed by atoms with Crippen LogP contribution in [-0.2, 0) is 20.9 Å². The number of thioether (sulfide) groups is 1. The molecule has 6 nitrogen and oxygen atoms in total. The lowest BCUT2D eigenvalue weighted by Crippen LogP contribution is -2.34. The van der Waals surface area contributed by atoms with E-state index >= 15 is 0 Å². The van der Waals surface area contributed by atoms with Crippen LogP contribution in [0.25, 0.3) is 6.08 Å². The number of hydrogen-bond donors (Lipinski definition) is 0. The predicted molar refractivity (Wildman–Crippen MR) is 112 cm³/mol. The fourth-order valence-corrected chi connectivity index (χ4v) is 3.50. The van der Waals surface area contributed by atoms with E-state index in [1.165, 1.54) is 0 Å². The van der Waals surface area contributed by atoms with Crippen molar-refractivity contribution in [2.45, 2.75) is 13.5 Å². The summed E-state index contributed by atoms with van der Waals surface area (Å²) in [5, 5.41) is 0.182. The number of ether oxygens (including phenoxy) is 2. The molecular weight excluding hydrogens is 414 g/mol. The summed E-state index contributed by atoms with van der Waals surface area (Å²) in [6.45, 7) is 1.88.